The van der Waals surface area contributed by atoms with Crippen LogP contribution in [0.1, 0.15) is 44.3 Å². The smallest absolute Gasteiger partial charge is 0.323 e. The van der Waals surface area contributed by atoms with Gasteiger partial charge in [0.2, 0.25) is 0 Å². The van der Waals surface area contributed by atoms with E-state index in [-0.39, 0.29) is 12.6 Å². The van der Waals surface area contributed by atoms with Crippen LogP contribution in [-0.2, 0) is 11.3 Å². The molecule has 0 aliphatic heterocycles. The molecule has 0 bridgehead atoms. The molecule has 1 aromatic heterocycles. The number of urea groups is 1. The summed E-state index contributed by atoms with van der Waals surface area (Å²) < 4.78 is 0. The Hall–Kier alpha value is -1.63. The van der Waals surface area contributed by atoms with Crippen LogP contribution in [0.4, 0.5) is 4.79 Å². The zero-order valence-electron chi connectivity index (χ0n) is 12.9. The molecule has 7 heteroatoms. The first-order valence-corrected chi connectivity index (χ1v) is 7.86. The Morgan fingerprint density at radius 2 is 2.05 bits per heavy atom. The molecular formula is C14H23N3O3S. The van der Waals surface area contributed by atoms with Crippen molar-refractivity contribution >= 4 is 23.3 Å². The summed E-state index contributed by atoms with van der Waals surface area (Å²) in [6, 6.07) is -0.370. The van der Waals surface area contributed by atoms with E-state index >= 15 is 0 Å². The average molecular weight is 313 g/mol. The first-order chi connectivity index (χ1) is 9.79. The highest BCUT2D eigenvalue weighted by Gasteiger charge is 2.17. The van der Waals surface area contributed by atoms with Gasteiger partial charge in [0.1, 0.15) is 6.54 Å². The van der Waals surface area contributed by atoms with E-state index in [1.165, 1.54) is 0 Å². The van der Waals surface area contributed by atoms with Crippen LogP contribution in [0.5, 0.6) is 0 Å². The number of carboxylic acid groups (broad SMARTS) is 1. The number of aliphatic carboxylic acids is 1. The molecule has 1 rings (SSSR count). The van der Waals surface area contributed by atoms with Crippen molar-refractivity contribution in [1.29, 1.82) is 0 Å². The normalized spacial score (nSPS) is 11.0. The quantitative estimate of drug-likeness (QED) is 0.810. The molecule has 0 saturated heterocycles. The summed E-state index contributed by atoms with van der Waals surface area (Å²) in [5.74, 6) is -0.393. The molecule has 21 heavy (non-hydrogen) atoms. The van der Waals surface area contributed by atoms with E-state index in [4.69, 9.17) is 5.11 Å². The van der Waals surface area contributed by atoms with Gasteiger partial charge >= 0.3 is 12.0 Å². The number of hydrogen-bond donors (Lipinski definition) is 2. The van der Waals surface area contributed by atoms with Crippen molar-refractivity contribution in [3.63, 3.8) is 0 Å². The first kappa shape index (κ1) is 17.4. The SMILES string of the molecule is CC(C)CN(Cc1csc(C(C)C)n1)C(=O)NCC(=O)O. The van der Waals surface area contributed by atoms with Gasteiger partial charge in [0.25, 0.3) is 0 Å². The minimum atomic E-state index is -1.05. The second-order valence-electron chi connectivity index (χ2n) is 5.66. The molecule has 0 aromatic carbocycles. The largest absolute Gasteiger partial charge is 0.480 e. The maximum absolute atomic E-state index is 12.1. The number of nitrogens with one attached hydrogen (secondary N) is 1. The van der Waals surface area contributed by atoms with Crippen molar-refractivity contribution in [2.75, 3.05) is 13.1 Å². The number of amides is 2. The molecule has 0 spiro atoms. The van der Waals surface area contributed by atoms with Gasteiger partial charge in [0.15, 0.2) is 0 Å². The predicted molar refractivity (Wildman–Crippen MR) is 82.5 cm³/mol. The van der Waals surface area contributed by atoms with Gasteiger partial charge < -0.3 is 15.3 Å². The number of carbonyl (C=O) groups excluding carboxylic acids is 1. The van der Waals surface area contributed by atoms with Crippen molar-refractivity contribution < 1.29 is 14.7 Å². The molecule has 0 unspecified atom stereocenters. The van der Waals surface area contributed by atoms with Crippen LogP contribution in [0.3, 0.4) is 0 Å². The number of carbonyl (C=O) groups is 2. The fourth-order valence-corrected chi connectivity index (χ4v) is 2.61. The molecule has 1 aromatic rings. The molecule has 2 amide bonds. The summed E-state index contributed by atoms with van der Waals surface area (Å²) in [7, 11) is 0. The van der Waals surface area contributed by atoms with Crippen LogP contribution >= 0.6 is 11.3 Å². The van der Waals surface area contributed by atoms with Crippen LogP contribution in [0, 0.1) is 5.92 Å². The van der Waals surface area contributed by atoms with E-state index in [2.05, 4.69) is 24.1 Å². The number of thiazole rings is 1. The third-order valence-corrected chi connectivity index (χ3v) is 3.87. The molecule has 0 radical (unpaired) electrons. The maximum Gasteiger partial charge on any atom is 0.323 e. The number of hydrogen-bond acceptors (Lipinski definition) is 4. The van der Waals surface area contributed by atoms with E-state index in [9.17, 15) is 9.59 Å². The van der Waals surface area contributed by atoms with Gasteiger partial charge in [0.05, 0.1) is 17.2 Å². The number of aromatic nitrogens is 1. The lowest BCUT2D eigenvalue weighted by Crippen LogP contribution is -2.43. The van der Waals surface area contributed by atoms with Gasteiger partial charge in [0, 0.05) is 17.8 Å². The molecule has 1 heterocycles. The summed E-state index contributed by atoms with van der Waals surface area (Å²) in [5.41, 5.74) is 0.842. The van der Waals surface area contributed by atoms with Crippen molar-refractivity contribution in [2.24, 2.45) is 5.92 Å². The van der Waals surface area contributed by atoms with E-state index in [0.29, 0.717) is 24.9 Å². The molecular weight excluding hydrogens is 290 g/mol. The topological polar surface area (TPSA) is 82.5 Å². The van der Waals surface area contributed by atoms with Crippen molar-refractivity contribution in [1.82, 2.24) is 15.2 Å². The van der Waals surface area contributed by atoms with Crippen molar-refractivity contribution in [3.8, 4) is 0 Å². The van der Waals surface area contributed by atoms with Gasteiger partial charge in [-0.15, -0.1) is 11.3 Å². The highest BCUT2D eigenvalue weighted by molar-refractivity contribution is 7.09. The Balaban J connectivity index is 2.72. The number of nitrogens with zero attached hydrogens (tertiary/aromatic N) is 2. The highest BCUT2D eigenvalue weighted by Crippen LogP contribution is 2.20. The second kappa shape index (κ2) is 7.97. The minimum absolute atomic E-state index is 0.295. The van der Waals surface area contributed by atoms with Crippen LogP contribution < -0.4 is 5.32 Å². The summed E-state index contributed by atoms with van der Waals surface area (Å²) >= 11 is 1.58. The predicted octanol–water partition coefficient (Wildman–Crippen LogP) is 2.52. The van der Waals surface area contributed by atoms with E-state index < -0.39 is 5.97 Å². The molecule has 0 aliphatic carbocycles. The fraction of sp³-hybridized carbons (Fsp3) is 0.643. The third-order valence-electron chi connectivity index (χ3n) is 2.68. The van der Waals surface area contributed by atoms with E-state index in [0.717, 1.165) is 10.7 Å². The summed E-state index contributed by atoms with van der Waals surface area (Å²) in [5, 5.41) is 14.0. The van der Waals surface area contributed by atoms with Gasteiger partial charge in [-0.25, -0.2) is 9.78 Å². The van der Waals surface area contributed by atoms with Gasteiger partial charge in [-0.3, -0.25) is 4.79 Å². The molecule has 0 fully saturated rings. The van der Waals surface area contributed by atoms with Crippen molar-refractivity contribution in [2.45, 2.75) is 40.2 Å². The summed E-state index contributed by atoms with van der Waals surface area (Å²) in [6.45, 7) is 8.76. The first-order valence-electron chi connectivity index (χ1n) is 6.98. The summed E-state index contributed by atoms with van der Waals surface area (Å²) in [6.07, 6.45) is 0. The van der Waals surface area contributed by atoms with Crippen LogP contribution in [-0.4, -0.2) is 40.1 Å². The number of carboxylic acids is 1. The van der Waals surface area contributed by atoms with Crippen LogP contribution in [0.25, 0.3) is 0 Å². The lowest BCUT2D eigenvalue weighted by atomic mass is 10.2. The van der Waals surface area contributed by atoms with Crippen molar-refractivity contribution in [3.05, 3.63) is 16.1 Å². The highest BCUT2D eigenvalue weighted by atomic mass is 32.1. The van der Waals surface area contributed by atoms with Gasteiger partial charge in [-0.2, -0.15) is 0 Å². The molecule has 0 aliphatic rings. The monoisotopic (exact) mass is 313 g/mol. The van der Waals surface area contributed by atoms with Gasteiger partial charge in [-0.05, 0) is 5.92 Å². The molecule has 0 saturated carbocycles. The Morgan fingerprint density at radius 1 is 1.38 bits per heavy atom. The minimum Gasteiger partial charge on any atom is -0.480 e. The lowest BCUT2D eigenvalue weighted by Gasteiger charge is -2.23. The summed E-state index contributed by atoms with van der Waals surface area (Å²) in [4.78, 5) is 28.7. The standard InChI is InChI=1S/C14H23N3O3S/c1-9(2)6-17(14(20)15-5-12(18)19)7-11-8-21-13(16-11)10(3)4/h8-10H,5-7H2,1-4H3,(H,15,20)(H,18,19). The zero-order chi connectivity index (χ0) is 16.0. The Bertz CT molecular complexity index is 486. The number of rotatable bonds is 7. The lowest BCUT2D eigenvalue weighted by molar-refractivity contribution is -0.135. The molecule has 2 N–H and O–H groups in total. The third kappa shape index (κ3) is 6.12. The maximum atomic E-state index is 12.1. The zero-order valence-corrected chi connectivity index (χ0v) is 13.7. The van der Waals surface area contributed by atoms with Crippen LogP contribution in [0.2, 0.25) is 0 Å². The Kier molecular flexibility index (Phi) is 6.61. The second-order valence-corrected chi connectivity index (χ2v) is 6.55. The molecule has 118 valence electrons. The molecule has 0 atom stereocenters. The van der Waals surface area contributed by atoms with Crippen LogP contribution in [0.15, 0.2) is 5.38 Å². The van der Waals surface area contributed by atoms with E-state index in [1.807, 2.05) is 19.2 Å². The average Bonchev–Trinajstić information content (AvgIpc) is 2.83. The Labute approximate surface area is 129 Å². The van der Waals surface area contributed by atoms with Gasteiger partial charge in [-0.1, -0.05) is 27.7 Å². The fourth-order valence-electron chi connectivity index (χ4n) is 1.78. The Morgan fingerprint density at radius 3 is 2.52 bits per heavy atom. The molecule has 6 nitrogen and oxygen atoms in total. The van der Waals surface area contributed by atoms with E-state index in [1.54, 1.807) is 16.2 Å².